The largest absolute Gasteiger partial charge is 0.342 e. The molecule has 0 radical (unpaired) electrons. The predicted molar refractivity (Wildman–Crippen MR) is 105 cm³/mol. The van der Waals surface area contributed by atoms with Gasteiger partial charge in [0.1, 0.15) is 0 Å². The fourth-order valence-electron chi connectivity index (χ4n) is 4.27. The number of likely N-dealkylation sites (tertiary alicyclic amines) is 1. The molecule has 1 amide bonds. The van der Waals surface area contributed by atoms with Crippen LogP contribution in [0.3, 0.4) is 0 Å². The summed E-state index contributed by atoms with van der Waals surface area (Å²) in [6.07, 6.45) is 8.54. The highest BCUT2D eigenvalue weighted by Gasteiger charge is 2.26. The van der Waals surface area contributed by atoms with E-state index in [0.29, 0.717) is 5.92 Å². The topological polar surface area (TPSA) is 49.3 Å². The summed E-state index contributed by atoms with van der Waals surface area (Å²) in [4.78, 5) is 25.8. The minimum Gasteiger partial charge on any atom is -0.342 e. The Bertz CT molecular complexity index is 583. The third kappa shape index (κ3) is 4.36. The van der Waals surface area contributed by atoms with Gasteiger partial charge in [-0.1, -0.05) is 27.7 Å². The lowest BCUT2D eigenvalue weighted by Crippen LogP contribution is -2.40. The van der Waals surface area contributed by atoms with Gasteiger partial charge in [0.05, 0.1) is 0 Å². The second-order valence-corrected chi connectivity index (χ2v) is 8.64. The van der Waals surface area contributed by atoms with Crippen LogP contribution in [0.15, 0.2) is 12.4 Å². The van der Waals surface area contributed by atoms with Crippen molar-refractivity contribution < 1.29 is 4.79 Å². The Balaban J connectivity index is 1.53. The zero-order valence-corrected chi connectivity index (χ0v) is 16.8. The molecule has 144 valence electrons. The highest BCUT2D eigenvalue weighted by Crippen LogP contribution is 2.29. The molecular formula is C21H34N4O. The number of amides is 1. The molecule has 3 heterocycles. The Hall–Kier alpha value is -1.65. The number of rotatable bonds is 4. The Morgan fingerprint density at radius 1 is 0.962 bits per heavy atom. The quantitative estimate of drug-likeness (QED) is 0.823. The molecule has 26 heavy (non-hydrogen) atoms. The second kappa shape index (κ2) is 8.36. The zero-order chi connectivity index (χ0) is 18.7. The highest BCUT2D eigenvalue weighted by atomic mass is 16.2. The third-order valence-electron chi connectivity index (χ3n) is 6.20. The molecule has 0 saturated carbocycles. The molecule has 2 aliphatic heterocycles. The van der Waals surface area contributed by atoms with Gasteiger partial charge < -0.3 is 9.80 Å². The van der Waals surface area contributed by atoms with Gasteiger partial charge in [0, 0.05) is 44.5 Å². The van der Waals surface area contributed by atoms with Crippen molar-refractivity contribution in [3.05, 3.63) is 18.0 Å². The molecule has 0 atom stereocenters. The first-order chi connectivity index (χ1) is 12.5. The number of anilines is 1. The summed E-state index contributed by atoms with van der Waals surface area (Å²) in [5.41, 5.74) is 1.22. The lowest BCUT2D eigenvalue weighted by atomic mass is 9.87. The summed E-state index contributed by atoms with van der Waals surface area (Å²) in [6, 6.07) is 0. The first-order valence-electron chi connectivity index (χ1n) is 10.3. The van der Waals surface area contributed by atoms with Gasteiger partial charge in [-0.05, 0) is 49.0 Å². The van der Waals surface area contributed by atoms with Crippen molar-refractivity contribution in [1.82, 2.24) is 14.9 Å². The van der Waals surface area contributed by atoms with Crippen LogP contribution in [0, 0.1) is 17.8 Å². The van der Waals surface area contributed by atoms with Crippen LogP contribution in [0.4, 0.5) is 5.95 Å². The average molecular weight is 359 g/mol. The average Bonchev–Trinajstić information content (AvgIpc) is 2.67. The van der Waals surface area contributed by atoms with Crippen LogP contribution in [0.5, 0.6) is 0 Å². The van der Waals surface area contributed by atoms with Gasteiger partial charge in [0.2, 0.25) is 11.9 Å². The number of carbonyl (C=O) groups is 1. The molecule has 0 unspecified atom stereocenters. The van der Waals surface area contributed by atoms with Crippen molar-refractivity contribution in [2.45, 2.75) is 59.3 Å². The molecule has 0 spiro atoms. The molecule has 5 nitrogen and oxygen atoms in total. The molecule has 0 aliphatic carbocycles. The van der Waals surface area contributed by atoms with E-state index in [1.165, 1.54) is 18.4 Å². The van der Waals surface area contributed by atoms with Crippen molar-refractivity contribution in [1.29, 1.82) is 0 Å². The van der Waals surface area contributed by atoms with E-state index in [-0.39, 0.29) is 11.8 Å². The van der Waals surface area contributed by atoms with E-state index in [1.807, 2.05) is 31.1 Å². The summed E-state index contributed by atoms with van der Waals surface area (Å²) in [5.74, 6) is 3.34. The van der Waals surface area contributed by atoms with E-state index >= 15 is 0 Å². The molecule has 0 bridgehead atoms. The minimum absolute atomic E-state index is 0.0917. The van der Waals surface area contributed by atoms with Gasteiger partial charge in [-0.2, -0.15) is 0 Å². The molecule has 2 fully saturated rings. The molecule has 1 aromatic rings. The monoisotopic (exact) mass is 358 g/mol. The SMILES string of the molecule is CC(C)C(=O)N1CCC(c2cnc(N3CCC(C(C)C)CC3)nc2)CC1. The number of hydrogen-bond donors (Lipinski definition) is 0. The van der Waals surface area contributed by atoms with Gasteiger partial charge in [-0.15, -0.1) is 0 Å². The van der Waals surface area contributed by atoms with Crippen molar-refractivity contribution >= 4 is 11.9 Å². The van der Waals surface area contributed by atoms with Gasteiger partial charge in [0.15, 0.2) is 0 Å². The van der Waals surface area contributed by atoms with E-state index in [2.05, 4.69) is 28.7 Å². The van der Waals surface area contributed by atoms with Crippen LogP contribution in [0.25, 0.3) is 0 Å². The van der Waals surface area contributed by atoms with Crippen LogP contribution in [0.2, 0.25) is 0 Å². The maximum absolute atomic E-state index is 12.1. The van der Waals surface area contributed by atoms with Gasteiger partial charge in [-0.3, -0.25) is 4.79 Å². The van der Waals surface area contributed by atoms with Gasteiger partial charge in [0.25, 0.3) is 0 Å². The molecule has 0 N–H and O–H groups in total. The van der Waals surface area contributed by atoms with Gasteiger partial charge >= 0.3 is 0 Å². The minimum atomic E-state index is 0.0917. The molecule has 3 rings (SSSR count). The van der Waals surface area contributed by atoms with E-state index in [0.717, 1.165) is 56.8 Å². The van der Waals surface area contributed by atoms with Crippen LogP contribution in [0.1, 0.15) is 64.9 Å². The summed E-state index contributed by atoms with van der Waals surface area (Å²) in [7, 11) is 0. The van der Waals surface area contributed by atoms with Crippen LogP contribution < -0.4 is 4.90 Å². The van der Waals surface area contributed by atoms with Crippen molar-refractivity contribution in [2.24, 2.45) is 17.8 Å². The number of carbonyl (C=O) groups excluding carboxylic acids is 1. The van der Waals surface area contributed by atoms with E-state index in [9.17, 15) is 4.79 Å². The second-order valence-electron chi connectivity index (χ2n) is 8.64. The fraction of sp³-hybridized carbons (Fsp3) is 0.762. The molecule has 5 heteroatoms. The summed E-state index contributed by atoms with van der Waals surface area (Å²) in [6.45, 7) is 12.4. The Morgan fingerprint density at radius 3 is 2.04 bits per heavy atom. The lowest BCUT2D eigenvalue weighted by Gasteiger charge is -2.34. The van der Waals surface area contributed by atoms with E-state index in [4.69, 9.17) is 0 Å². The Labute approximate surface area is 158 Å². The number of piperidine rings is 2. The first-order valence-corrected chi connectivity index (χ1v) is 10.3. The molecule has 2 aliphatic rings. The smallest absolute Gasteiger partial charge is 0.225 e. The summed E-state index contributed by atoms with van der Waals surface area (Å²) in [5, 5.41) is 0. The standard InChI is InChI=1S/C21H34N4O/c1-15(2)17-5-11-25(12-6-17)21-22-13-19(14-23-21)18-7-9-24(10-8-18)20(26)16(3)4/h13-18H,5-12H2,1-4H3. The lowest BCUT2D eigenvalue weighted by molar-refractivity contribution is -0.135. The number of aromatic nitrogens is 2. The van der Waals surface area contributed by atoms with Crippen LogP contribution in [-0.2, 0) is 4.79 Å². The molecule has 0 aromatic carbocycles. The van der Waals surface area contributed by atoms with Crippen molar-refractivity contribution in [2.75, 3.05) is 31.1 Å². The van der Waals surface area contributed by atoms with E-state index < -0.39 is 0 Å². The maximum atomic E-state index is 12.1. The molecule has 2 saturated heterocycles. The Morgan fingerprint density at radius 2 is 1.54 bits per heavy atom. The van der Waals surface area contributed by atoms with Crippen LogP contribution in [-0.4, -0.2) is 47.0 Å². The molecule has 1 aromatic heterocycles. The summed E-state index contributed by atoms with van der Waals surface area (Å²) >= 11 is 0. The van der Waals surface area contributed by atoms with Crippen molar-refractivity contribution in [3.8, 4) is 0 Å². The van der Waals surface area contributed by atoms with Gasteiger partial charge in [-0.25, -0.2) is 9.97 Å². The number of nitrogens with zero attached hydrogens (tertiary/aromatic N) is 4. The molecular weight excluding hydrogens is 324 g/mol. The highest BCUT2D eigenvalue weighted by molar-refractivity contribution is 5.78. The van der Waals surface area contributed by atoms with Crippen molar-refractivity contribution in [3.63, 3.8) is 0 Å². The zero-order valence-electron chi connectivity index (χ0n) is 16.8. The summed E-state index contributed by atoms with van der Waals surface area (Å²) < 4.78 is 0. The third-order valence-corrected chi connectivity index (χ3v) is 6.20. The Kier molecular flexibility index (Phi) is 6.15. The van der Waals surface area contributed by atoms with E-state index in [1.54, 1.807) is 0 Å². The first kappa shape index (κ1) is 19.1. The fourth-order valence-corrected chi connectivity index (χ4v) is 4.27. The number of hydrogen-bond acceptors (Lipinski definition) is 4. The predicted octanol–water partition coefficient (Wildman–Crippen LogP) is 3.71. The van der Waals surface area contributed by atoms with Crippen LogP contribution >= 0.6 is 0 Å². The normalized spacial score (nSPS) is 20.2. The maximum Gasteiger partial charge on any atom is 0.225 e.